The molecule has 16 heavy (non-hydrogen) atoms. The second kappa shape index (κ2) is 4.70. The van der Waals surface area contributed by atoms with E-state index < -0.39 is 5.60 Å². The van der Waals surface area contributed by atoms with Gasteiger partial charge in [0.15, 0.2) is 0 Å². The number of hydrogen-bond donors (Lipinski definition) is 1. The van der Waals surface area contributed by atoms with Gasteiger partial charge in [-0.05, 0) is 32.4 Å². The molecule has 0 bridgehead atoms. The minimum absolute atomic E-state index is 0.103. The summed E-state index contributed by atoms with van der Waals surface area (Å²) in [7, 11) is 0. The molecule has 2 N–H and O–H groups in total. The van der Waals surface area contributed by atoms with Crippen molar-refractivity contribution in [3.8, 4) is 0 Å². The van der Waals surface area contributed by atoms with Crippen LogP contribution in [-0.4, -0.2) is 16.6 Å². The van der Waals surface area contributed by atoms with Gasteiger partial charge in [-0.1, -0.05) is 11.6 Å². The molecule has 1 aromatic heterocycles. The molecule has 0 fully saturated rings. The molecule has 0 atom stereocenters. The normalized spacial score (nSPS) is 11.2. The van der Waals surface area contributed by atoms with Crippen molar-refractivity contribution in [1.29, 1.82) is 0 Å². The fraction of sp³-hybridized carbons (Fsp3) is 0.455. The predicted octanol–water partition coefficient (Wildman–Crippen LogP) is 2.20. The van der Waals surface area contributed by atoms with Gasteiger partial charge >= 0.3 is 5.97 Å². The number of ether oxygens (including phenoxy) is 1. The highest BCUT2D eigenvalue weighted by Gasteiger charge is 2.17. The van der Waals surface area contributed by atoms with Crippen LogP contribution < -0.4 is 5.73 Å². The van der Waals surface area contributed by atoms with Crippen molar-refractivity contribution in [3.05, 3.63) is 23.0 Å². The molecule has 1 rings (SSSR count). The molecule has 0 saturated heterocycles. The van der Waals surface area contributed by atoms with Crippen LogP contribution in [0.2, 0.25) is 5.15 Å². The molecule has 0 spiro atoms. The number of rotatable bonds is 2. The van der Waals surface area contributed by atoms with Crippen molar-refractivity contribution in [3.63, 3.8) is 0 Å². The largest absolute Gasteiger partial charge is 0.460 e. The zero-order valence-corrected chi connectivity index (χ0v) is 10.3. The number of anilines is 1. The average molecular weight is 243 g/mol. The third-order valence-corrected chi connectivity index (χ3v) is 1.95. The van der Waals surface area contributed by atoms with Gasteiger partial charge < -0.3 is 10.5 Å². The number of carbonyl (C=O) groups excluding carboxylic acids is 1. The molecular formula is C11H15ClN2O2. The SMILES string of the molecule is CC(C)(C)OC(=O)Cc1cc(Cl)ncc1N. The fourth-order valence-electron chi connectivity index (χ4n) is 1.16. The molecule has 4 nitrogen and oxygen atoms in total. The average Bonchev–Trinajstić information content (AvgIpc) is 2.08. The van der Waals surface area contributed by atoms with Gasteiger partial charge in [0.25, 0.3) is 0 Å². The van der Waals surface area contributed by atoms with E-state index in [1.165, 1.54) is 6.20 Å². The van der Waals surface area contributed by atoms with Gasteiger partial charge in [-0.2, -0.15) is 0 Å². The first kappa shape index (κ1) is 12.8. The first-order valence-electron chi connectivity index (χ1n) is 4.89. The first-order valence-corrected chi connectivity index (χ1v) is 5.27. The van der Waals surface area contributed by atoms with E-state index in [1.807, 2.05) is 20.8 Å². The zero-order chi connectivity index (χ0) is 12.3. The number of carbonyl (C=O) groups is 1. The van der Waals surface area contributed by atoms with Gasteiger partial charge in [0.05, 0.1) is 18.3 Å². The van der Waals surface area contributed by atoms with Crippen molar-refractivity contribution in [2.75, 3.05) is 5.73 Å². The number of aromatic nitrogens is 1. The highest BCUT2D eigenvalue weighted by molar-refractivity contribution is 6.29. The number of halogens is 1. The molecule has 0 saturated carbocycles. The van der Waals surface area contributed by atoms with Crippen LogP contribution in [0.25, 0.3) is 0 Å². The van der Waals surface area contributed by atoms with Gasteiger partial charge in [0.1, 0.15) is 10.8 Å². The summed E-state index contributed by atoms with van der Waals surface area (Å²) < 4.78 is 5.18. The smallest absolute Gasteiger partial charge is 0.310 e. The van der Waals surface area contributed by atoms with Gasteiger partial charge in [-0.15, -0.1) is 0 Å². The minimum atomic E-state index is -0.497. The van der Waals surface area contributed by atoms with E-state index >= 15 is 0 Å². The summed E-state index contributed by atoms with van der Waals surface area (Å²) >= 11 is 5.71. The Hall–Kier alpha value is -1.29. The molecular weight excluding hydrogens is 228 g/mol. The number of pyridine rings is 1. The lowest BCUT2D eigenvalue weighted by molar-refractivity contribution is -0.153. The summed E-state index contributed by atoms with van der Waals surface area (Å²) in [6.07, 6.45) is 1.54. The minimum Gasteiger partial charge on any atom is -0.460 e. The number of nitrogens with zero attached hydrogens (tertiary/aromatic N) is 1. The van der Waals surface area contributed by atoms with E-state index in [0.29, 0.717) is 16.4 Å². The molecule has 1 aromatic rings. The molecule has 0 unspecified atom stereocenters. The van der Waals surface area contributed by atoms with Crippen LogP contribution in [0.15, 0.2) is 12.3 Å². The summed E-state index contributed by atoms with van der Waals surface area (Å²) in [6, 6.07) is 1.57. The maximum absolute atomic E-state index is 11.6. The number of hydrogen-bond acceptors (Lipinski definition) is 4. The predicted molar refractivity (Wildman–Crippen MR) is 63.2 cm³/mol. The van der Waals surface area contributed by atoms with Crippen molar-refractivity contribution in [2.24, 2.45) is 0 Å². The summed E-state index contributed by atoms with van der Waals surface area (Å²) in [6.45, 7) is 5.44. The highest BCUT2D eigenvalue weighted by Crippen LogP contribution is 2.17. The van der Waals surface area contributed by atoms with Crippen molar-refractivity contribution in [2.45, 2.75) is 32.8 Å². The molecule has 0 radical (unpaired) electrons. The Bertz CT molecular complexity index is 399. The van der Waals surface area contributed by atoms with Crippen molar-refractivity contribution < 1.29 is 9.53 Å². The first-order chi connectivity index (χ1) is 7.28. The molecule has 0 aliphatic carbocycles. The summed E-state index contributed by atoms with van der Waals surface area (Å²) in [5.41, 5.74) is 6.25. The topological polar surface area (TPSA) is 65.2 Å². The molecule has 5 heteroatoms. The molecule has 1 heterocycles. The second-order valence-corrected chi connectivity index (χ2v) is 4.86. The van der Waals surface area contributed by atoms with E-state index in [9.17, 15) is 4.79 Å². The van der Waals surface area contributed by atoms with E-state index in [1.54, 1.807) is 6.07 Å². The fourth-order valence-corrected chi connectivity index (χ4v) is 1.35. The van der Waals surface area contributed by atoms with Gasteiger partial charge in [0.2, 0.25) is 0 Å². The van der Waals surface area contributed by atoms with Crippen LogP contribution in [0.3, 0.4) is 0 Å². The Morgan fingerprint density at radius 3 is 2.75 bits per heavy atom. The molecule has 0 amide bonds. The monoisotopic (exact) mass is 242 g/mol. The summed E-state index contributed by atoms with van der Waals surface area (Å²) in [5, 5.41) is 0.313. The molecule has 0 aliphatic heterocycles. The van der Waals surface area contributed by atoms with Crippen LogP contribution >= 0.6 is 11.6 Å². The van der Waals surface area contributed by atoms with Crippen LogP contribution in [0.5, 0.6) is 0 Å². The van der Waals surface area contributed by atoms with Crippen LogP contribution in [-0.2, 0) is 16.0 Å². The third kappa shape index (κ3) is 4.06. The summed E-state index contributed by atoms with van der Waals surface area (Å²) in [4.78, 5) is 15.4. The van der Waals surface area contributed by atoms with Gasteiger partial charge in [-0.3, -0.25) is 4.79 Å². The number of nitrogens with two attached hydrogens (primary N) is 1. The quantitative estimate of drug-likeness (QED) is 0.638. The molecule has 0 aromatic carbocycles. The van der Waals surface area contributed by atoms with E-state index in [4.69, 9.17) is 22.1 Å². The van der Waals surface area contributed by atoms with E-state index in [-0.39, 0.29) is 12.4 Å². The van der Waals surface area contributed by atoms with Gasteiger partial charge in [-0.25, -0.2) is 4.98 Å². The Morgan fingerprint density at radius 1 is 1.56 bits per heavy atom. The lowest BCUT2D eigenvalue weighted by atomic mass is 10.1. The second-order valence-electron chi connectivity index (χ2n) is 4.47. The maximum atomic E-state index is 11.6. The van der Waals surface area contributed by atoms with Crippen LogP contribution in [0.1, 0.15) is 26.3 Å². The number of esters is 1. The Morgan fingerprint density at radius 2 is 2.19 bits per heavy atom. The standard InChI is InChI=1S/C11H15ClN2O2/c1-11(2,3)16-10(15)5-7-4-9(12)14-6-8(7)13/h4,6H,5,13H2,1-3H3. The number of nitrogen functional groups attached to an aromatic ring is 1. The van der Waals surface area contributed by atoms with Crippen molar-refractivity contribution >= 4 is 23.3 Å². The maximum Gasteiger partial charge on any atom is 0.310 e. The lowest BCUT2D eigenvalue weighted by Crippen LogP contribution is -2.25. The van der Waals surface area contributed by atoms with Crippen molar-refractivity contribution in [1.82, 2.24) is 4.98 Å². The zero-order valence-electron chi connectivity index (χ0n) is 9.58. The third-order valence-electron chi connectivity index (χ3n) is 1.75. The highest BCUT2D eigenvalue weighted by atomic mass is 35.5. The molecule has 0 aliphatic rings. The Labute approximate surface area is 99.8 Å². The van der Waals surface area contributed by atoms with Crippen LogP contribution in [0, 0.1) is 0 Å². The molecule has 88 valence electrons. The van der Waals surface area contributed by atoms with E-state index in [2.05, 4.69) is 4.98 Å². The van der Waals surface area contributed by atoms with Gasteiger partial charge in [0, 0.05) is 0 Å². The summed E-state index contributed by atoms with van der Waals surface area (Å²) in [5.74, 6) is -0.332. The van der Waals surface area contributed by atoms with E-state index in [0.717, 1.165) is 0 Å². The lowest BCUT2D eigenvalue weighted by Gasteiger charge is -2.19. The Kier molecular flexibility index (Phi) is 3.75. The van der Waals surface area contributed by atoms with Crippen LogP contribution in [0.4, 0.5) is 5.69 Å². The Balaban J connectivity index is 2.73.